The van der Waals surface area contributed by atoms with E-state index in [-0.39, 0.29) is 10.6 Å². The number of aromatic hydroxyl groups is 1. The molecular formula is C28H42NOP. The second-order valence-corrected chi connectivity index (χ2v) is 12.6. The van der Waals surface area contributed by atoms with Crippen LogP contribution in [0.25, 0.3) is 0 Å². The van der Waals surface area contributed by atoms with Crippen molar-refractivity contribution in [3.63, 3.8) is 0 Å². The van der Waals surface area contributed by atoms with Crippen LogP contribution in [0.3, 0.4) is 0 Å². The second-order valence-electron chi connectivity index (χ2n) is 10.7. The maximum atomic E-state index is 11.4. The molecule has 2 atom stereocenters. The van der Waals surface area contributed by atoms with Crippen LogP contribution < -0.4 is 5.30 Å². The van der Waals surface area contributed by atoms with E-state index < -0.39 is 0 Å². The van der Waals surface area contributed by atoms with Gasteiger partial charge in [0.15, 0.2) is 0 Å². The van der Waals surface area contributed by atoms with Crippen molar-refractivity contribution < 1.29 is 5.11 Å². The molecule has 31 heavy (non-hydrogen) atoms. The van der Waals surface area contributed by atoms with Gasteiger partial charge in [-0.2, -0.15) is 0 Å². The van der Waals surface area contributed by atoms with Gasteiger partial charge in [0.2, 0.25) is 0 Å². The molecule has 1 aliphatic rings. The van der Waals surface area contributed by atoms with Gasteiger partial charge in [-0.05, 0) is 73.6 Å². The Morgan fingerprint density at radius 3 is 2.23 bits per heavy atom. The van der Waals surface area contributed by atoms with Crippen LogP contribution in [0.1, 0.15) is 88.1 Å². The zero-order valence-corrected chi connectivity index (χ0v) is 21.7. The number of hydrogen-bond acceptors (Lipinski definition) is 2. The fourth-order valence-corrected chi connectivity index (χ4v) is 6.45. The summed E-state index contributed by atoms with van der Waals surface area (Å²) in [6, 6.07) is 11.2. The van der Waals surface area contributed by atoms with Crippen molar-refractivity contribution in [3.05, 3.63) is 58.1 Å². The minimum absolute atomic E-state index is 0.0787. The smallest absolute Gasteiger partial charge is 0.123 e. The summed E-state index contributed by atoms with van der Waals surface area (Å²) in [6.07, 6.45) is 5.02. The van der Waals surface area contributed by atoms with E-state index >= 15 is 0 Å². The number of phenolic OH excluding ortho intramolecular Hbond substituents is 1. The van der Waals surface area contributed by atoms with Gasteiger partial charge in [0.1, 0.15) is 5.75 Å². The average Bonchev–Trinajstić information content (AvgIpc) is 2.72. The number of piperidine rings is 1. The summed E-state index contributed by atoms with van der Waals surface area (Å²) in [5.41, 5.74) is 6.19. The van der Waals surface area contributed by atoms with Gasteiger partial charge in [0.05, 0.1) is 0 Å². The van der Waals surface area contributed by atoms with Gasteiger partial charge in [-0.25, -0.2) is 0 Å². The normalized spacial score (nSPS) is 17.9. The number of benzene rings is 2. The largest absolute Gasteiger partial charge is 0.507 e. The summed E-state index contributed by atoms with van der Waals surface area (Å²) in [4.78, 5) is 2.62. The Labute approximate surface area is 192 Å². The summed E-state index contributed by atoms with van der Waals surface area (Å²) >= 11 is 0. The van der Waals surface area contributed by atoms with Crippen LogP contribution in [-0.2, 0) is 17.1 Å². The van der Waals surface area contributed by atoms with Crippen LogP contribution >= 0.6 is 8.58 Å². The number of nitrogens with zero attached hydrogens (tertiary/aromatic N) is 1. The molecule has 2 aromatic carbocycles. The van der Waals surface area contributed by atoms with Crippen molar-refractivity contribution in [1.29, 1.82) is 0 Å². The van der Waals surface area contributed by atoms with Gasteiger partial charge < -0.3 is 5.11 Å². The highest BCUT2D eigenvalue weighted by atomic mass is 31.1. The van der Waals surface area contributed by atoms with Gasteiger partial charge in [-0.15, -0.1) is 0 Å². The molecule has 170 valence electrons. The Morgan fingerprint density at radius 1 is 0.968 bits per heavy atom. The molecule has 0 bridgehead atoms. The minimum Gasteiger partial charge on any atom is -0.507 e. The van der Waals surface area contributed by atoms with Gasteiger partial charge in [-0.3, -0.25) is 4.90 Å². The molecule has 2 aromatic rings. The first-order valence-electron chi connectivity index (χ1n) is 12.0. The molecule has 0 aromatic heterocycles. The van der Waals surface area contributed by atoms with Gasteiger partial charge >= 0.3 is 0 Å². The Kier molecular flexibility index (Phi) is 7.54. The fourth-order valence-electron chi connectivity index (χ4n) is 4.79. The van der Waals surface area contributed by atoms with Crippen LogP contribution in [0.4, 0.5) is 0 Å². The van der Waals surface area contributed by atoms with Crippen molar-refractivity contribution >= 4 is 13.9 Å². The van der Waals surface area contributed by atoms with Crippen molar-refractivity contribution in [2.75, 3.05) is 13.1 Å². The summed E-state index contributed by atoms with van der Waals surface area (Å²) in [5.74, 6) is 0.501. The van der Waals surface area contributed by atoms with Crippen molar-refractivity contribution in [2.24, 2.45) is 0 Å². The molecule has 0 amide bonds. The van der Waals surface area contributed by atoms with Gasteiger partial charge in [0, 0.05) is 17.3 Å². The predicted molar refractivity (Wildman–Crippen MR) is 137 cm³/mol. The first-order valence-corrected chi connectivity index (χ1v) is 13.0. The Morgan fingerprint density at radius 2 is 1.61 bits per heavy atom. The molecule has 1 aliphatic heterocycles. The lowest BCUT2D eigenvalue weighted by Gasteiger charge is -2.35. The van der Waals surface area contributed by atoms with Crippen molar-refractivity contribution in [2.45, 2.75) is 91.3 Å². The first kappa shape index (κ1) is 24.3. The van der Waals surface area contributed by atoms with Crippen LogP contribution in [0.15, 0.2) is 30.3 Å². The molecule has 0 aliphatic carbocycles. The second kappa shape index (κ2) is 9.63. The molecule has 1 heterocycles. The van der Waals surface area contributed by atoms with Crippen molar-refractivity contribution in [3.8, 4) is 5.75 Å². The molecule has 0 spiro atoms. The maximum Gasteiger partial charge on any atom is 0.123 e. The van der Waals surface area contributed by atoms with E-state index in [0.717, 1.165) is 24.1 Å². The minimum atomic E-state index is -0.0845. The molecule has 1 fully saturated rings. The summed E-state index contributed by atoms with van der Waals surface area (Å²) in [6.45, 7) is 19.1. The Balaban J connectivity index is 2.02. The lowest BCUT2D eigenvalue weighted by molar-refractivity contribution is 0.221. The highest BCUT2D eigenvalue weighted by Crippen LogP contribution is 2.50. The number of phenols is 1. The molecule has 1 saturated heterocycles. The molecule has 0 radical (unpaired) electrons. The fraction of sp³-hybridized carbons (Fsp3) is 0.571. The van der Waals surface area contributed by atoms with E-state index in [9.17, 15) is 5.11 Å². The highest BCUT2D eigenvalue weighted by molar-refractivity contribution is 7.48. The number of likely N-dealkylation sites (tertiary alicyclic amines) is 1. The number of aryl methyl sites for hydroxylation is 2. The Bertz CT molecular complexity index is 908. The summed E-state index contributed by atoms with van der Waals surface area (Å²) < 4.78 is 0. The summed E-state index contributed by atoms with van der Waals surface area (Å²) in [5, 5.41) is 12.8. The molecule has 1 N–H and O–H groups in total. The highest BCUT2D eigenvalue weighted by Gasteiger charge is 2.33. The summed E-state index contributed by atoms with van der Waals surface area (Å²) in [7, 11) is 0.631. The standard InChI is InChI=1S/C28H42NOP/c1-8-28(7,24-18-20(2)17-23(25(24)30)27(4,5)6)31-26-21(3)13-12-14-22(26)19-29-15-10-9-11-16-29/h12-14,17-18,30-31H,8-11,15-16,19H2,1-7H3. The van der Waals surface area contributed by atoms with E-state index in [1.807, 2.05) is 0 Å². The van der Waals surface area contributed by atoms with Crippen molar-refractivity contribution in [1.82, 2.24) is 4.90 Å². The van der Waals surface area contributed by atoms with Gasteiger partial charge in [0.25, 0.3) is 0 Å². The molecule has 2 nitrogen and oxygen atoms in total. The quantitative estimate of drug-likeness (QED) is 0.494. The topological polar surface area (TPSA) is 23.5 Å². The monoisotopic (exact) mass is 439 g/mol. The maximum absolute atomic E-state index is 11.4. The first-order chi connectivity index (χ1) is 14.5. The van der Waals surface area contributed by atoms with Crippen LogP contribution in [-0.4, -0.2) is 23.1 Å². The van der Waals surface area contributed by atoms with Crippen LogP contribution in [0.5, 0.6) is 5.75 Å². The lowest BCUT2D eigenvalue weighted by Crippen LogP contribution is -2.31. The number of hydrogen-bond donors (Lipinski definition) is 1. The third-order valence-electron chi connectivity index (χ3n) is 6.97. The van der Waals surface area contributed by atoms with Gasteiger partial charge in [-0.1, -0.05) is 85.5 Å². The van der Waals surface area contributed by atoms with E-state index in [2.05, 4.69) is 83.7 Å². The molecule has 3 rings (SSSR count). The van der Waals surface area contributed by atoms with E-state index in [0.29, 0.717) is 14.3 Å². The SMILES string of the molecule is CCC(C)(Pc1c(C)cccc1CN1CCCCC1)c1cc(C)cc(C(C)(C)C)c1O. The van der Waals surface area contributed by atoms with Crippen LogP contribution in [0, 0.1) is 13.8 Å². The van der Waals surface area contributed by atoms with E-state index in [1.54, 1.807) is 0 Å². The zero-order chi connectivity index (χ0) is 22.8. The molecular weight excluding hydrogens is 397 g/mol. The van der Waals surface area contributed by atoms with E-state index in [1.165, 1.54) is 54.3 Å². The predicted octanol–water partition coefficient (Wildman–Crippen LogP) is 6.92. The lowest BCUT2D eigenvalue weighted by atomic mass is 9.82. The third-order valence-corrected chi connectivity index (χ3v) is 9.11. The average molecular weight is 440 g/mol. The van der Waals surface area contributed by atoms with Crippen LogP contribution in [0.2, 0.25) is 0 Å². The molecule has 2 unspecified atom stereocenters. The van der Waals surface area contributed by atoms with E-state index in [4.69, 9.17) is 0 Å². The zero-order valence-electron chi connectivity index (χ0n) is 20.7. The number of rotatable bonds is 6. The molecule has 3 heteroatoms. The third kappa shape index (κ3) is 5.52. The molecule has 0 saturated carbocycles. The Hall–Kier alpha value is -1.37.